The van der Waals surface area contributed by atoms with Gasteiger partial charge in [0.1, 0.15) is 11.6 Å². The number of benzene rings is 2. The fourth-order valence-corrected chi connectivity index (χ4v) is 4.51. The van der Waals surface area contributed by atoms with E-state index in [-0.39, 0.29) is 30.3 Å². The van der Waals surface area contributed by atoms with E-state index in [9.17, 15) is 14.0 Å². The summed E-state index contributed by atoms with van der Waals surface area (Å²) in [7, 11) is 3.97. The van der Waals surface area contributed by atoms with E-state index in [1.54, 1.807) is 0 Å². The molecule has 0 spiro atoms. The highest BCUT2D eigenvalue weighted by molar-refractivity contribution is 5.97. The van der Waals surface area contributed by atoms with Crippen molar-refractivity contribution in [3.63, 3.8) is 0 Å². The summed E-state index contributed by atoms with van der Waals surface area (Å²) in [5, 5.41) is 7.51. The van der Waals surface area contributed by atoms with E-state index >= 15 is 0 Å². The van der Waals surface area contributed by atoms with Crippen molar-refractivity contribution in [3.8, 4) is 0 Å². The van der Waals surface area contributed by atoms with Crippen LogP contribution in [0.2, 0.25) is 0 Å². The summed E-state index contributed by atoms with van der Waals surface area (Å²) in [6, 6.07) is 13.7. The van der Waals surface area contributed by atoms with E-state index in [4.69, 9.17) is 9.97 Å². The van der Waals surface area contributed by atoms with Crippen LogP contribution in [0.25, 0.3) is 10.9 Å². The summed E-state index contributed by atoms with van der Waals surface area (Å²) in [5.74, 6) is 1.30. The number of carbonyl (C=O) groups is 2. The zero-order chi connectivity index (χ0) is 24.8. The minimum atomic E-state index is -0.382. The SMILES string of the molecule is CN(C)c1nc(N[C@H]2CC[C@@H](CNC(=O)CCC(=O)c3ccc(F)cc3)CC2)nc2ccccc12. The lowest BCUT2D eigenvalue weighted by Gasteiger charge is -2.29. The smallest absolute Gasteiger partial charge is 0.225 e. The maximum Gasteiger partial charge on any atom is 0.225 e. The molecule has 2 aromatic carbocycles. The van der Waals surface area contributed by atoms with Crippen molar-refractivity contribution in [1.82, 2.24) is 15.3 Å². The Morgan fingerprint density at radius 3 is 2.40 bits per heavy atom. The van der Waals surface area contributed by atoms with E-state index in [1.807, 2.05) is 43.3 Å². The number of ketones is 1. The number of nitrogens with zero attached hydrogens (tertiary/aromatic N) is 3. The van der Waals surface area contributed by atoms with Crippen LogP contribution < -0.4 is 15.5 Å². The van der Waals surface area contributed by atoms with Gasteiger partial charge in [0, 0.05) is 50.5 Å². The molecule has 35 heavy (non-hydrogen) atoms. The van der Waals surface area contributed by atoms with Crippen LogP contribution in [0.3, 0.4) is 0 Å². The molecule has 0 bridgehead atoms. The Morgan fingerprint density at radius 1 is 0.971 bits per heavy atom. The van der Waals surface area contributed by atoms with Gasteiger partial charge in [-0.3, -0.25) is 9.59 Å². The van der Waals surface area contributed by atoms with Crippen molar-refractivity contribution in [2.45, 2.75) is 44.6 Å². The van der Waals surface area contributed by atoms with Gasteiger partial charge < -0.3 is 15.5 Å². The second kappa shape index (κ2) is 11.3. The lowest BCUT2D eigenvalue weighted by molar-refractivity contribution is -0.121. The summed E-state index contributed by atoms with van der Waals surface area (Å²) in [5.41, 5.74) is 1.35. The van der Waals surface area contributed by atoms with Gasteiger partial charge in [-0.15, -0.1) is 0 Å². The fourth-order valence-electron chi connectivity index (χ4n) is 4.51. The number of aromatic nitrogens is 2. The molecule has 1 aromatic heterocycles. The number of hydrogen-bond acceptors (Lipinski definition) is 6. The molecule has 1 heterocycles. The average Bonchev–Trinajstić information content (AvgIpc) is 2.86. The largest absolute Gasteiger partial charge is 0.362 e. The molecule has 1 amide bonds. The third-order valence-electron chi connectivity index (χ3n) is 6.52. The minimum absolute atomic E-state index is 0.120. The maximum atomic E-state index is 13.0. The van der Waals surface area contributed by atoms with Gasteiger partial charge in [0.2, 0.25) is 11.9 Å². The molecule has 2 N–H and O–H groups in total. The first-order valence-corrected chi connectivity index (χ1v) is 12.1. The van der Waals surface area contributed by atoms with Crippen LogP contribution in [0.5, 0.6) is 0 Å². The van der Waals surface area contributed by atoms with Gasteiger partial charge in [-0.05, 0) is 68.0 Å². The first kappa shape index (κ1) is 24.6. The first-order valence-electron chi connectivity index (χ1n) is 12.1. The van der Waals surface area contributed by atoms with Crippen LogP contribution in [0.4, 0.5) is 16.2 Å². The lowest BCUT2D eigenvalue weighted by Crippen LogP contribution is -2.34. The van der Waals surface area contributed by atoms with Crippen LogP contribution in [-0.4, -0.2) is 48.3 Å². The summed E-state index contributed by atoms with van der Waals surface area (Å²) < 4.78 is 13.0. The van der Waals surface area contributed by atoms with E-state index in [0.717, 1.165) is 42.4 Å². The molecule has 1 fully saturated rings. The normalized spacial score (nSPS) is 17.7. The predicted molar refractivity (Wildman–Crippen MR) is 136 cm³/mol. The zero-order valence-electron chi connectivity index (χ0n) is 20.3. The highest BCUT2D eigenvalue weighted by atomic mass is 19.1. The Hall–Kier alpha value is -3.55. The molecular weight excluding hydrogens is 445 g/mol. The van der Waals surface area contributed by atoms with Gasteiger partial charge in [-0.2, -0.15) is 4.98 Å². The van der Waals surface area contributed by atoms with Gasteiger partial charge in [0.25, 0.3) is 0 Å². The minimum Gasteiger partial charge on any atom is -0.362 e. The Kier molecular flexibility index (Phi) is 7.90. The van der Waals surface area contributed by atoms with E-state index in [1.165, 1.54) is 24.3 Å². The number of halogens is 1. The van der Waals surface area contributed by atoms with Gasteiger partial charge in [0.05, 0.1) is 5.52 Å². The van der Waals surface area contributed by atoms with Gasteiger partial charge in [0.15, 0.2) is 5.78 Å². The molecule has 0 atom stereocenters. The Labute approximate surface area is 205 Å². The monoisotopic (exact) mass is 477 g/mol. The van der Waals surface area contributed by atoms with Crippen molar-refractivity contribution in [1.29, 1.82) is 0 Å². The first-order chi connectivity index (χ1) is 16.9. The molecule has 7 nitrogen and oxygen atoms in total. The molecule has 1 aliphatic carbocycles. The van der Waals surface area contributed by atoms with Crippen LogP contribution >= 0.6 is 0 Å². The molecule has 0 unspecified atom stereocenters. The Balaban J connectivity index is 1.21. The molecule has 1 aliphatic rings. The van der Waals surface area contributed by atoms with Crippen molar-refractivity contribution in [2.24, 2.45) is 5.92 Å². The van der Waals surface area contributed by atoms with Gasteiger partial charge >= 0.3 is 0 Å². The second-order valence-corrected chi connectivity index (χ2v) is 9.38. The average molecular weight is 478 g/mol. The van der Waals surface area contributed by atoms with Crippen LogP contribution in [0, 0.1) is 11.7 Å². The van der Waals surface area contributed by atoms with Gasteiger partial charge in [-0.25, -0.2) is 9.37 Å². The highest BCUT2D eigenvalue weighted by Gasteiger charge is 2.23. The maximum absolute atomic E-state index is 13.0. The van der Waals surface area contributed by atoms with E-state index in [2.05, 4.69) is 10.6 Å². The zero-order valence-corrected chi connectivity index (χ0v) is 20.3. The third-order valence-corrected chi connectivity index (χ3v) is 6.52. The van der Waals surface area contributed by atoms with Crippen molar-refractivity contribution in [3.05, 3.63) is 59.9 Å². The molecule has 8 heteroatoms. The van der Waals surface area contributed by atoms with Crippen molar-refractivity contribution < 1.29 is 14.0 Å². The third kappa shape index (κ3) is 6.53. The quantitative estimate of drug-likeness (QED) is 0.439. The Bertz CT molecular complexity index is 1170. The summed E-state index contributed by atoms with van der Waals surface area (Å²) in [6.07, 6.45) is 4.23. The predicted octanol–water partition coefficient (Wildman–Crippen LogP) is 4.58. The highest BCUT2D eigenvalue weighted by Crippen LogP contribution is 2.28. The number of carbonyl (C=O) groups excluding carboxylic acids is 2. The number of fused-ring (bicyclic) bond motifs is 1. The molecule has 0 saturated heterocycles. The Morgan fingerprint density at radius 2 is 1.69 bits per heavy atom. The molecule has 0 aliphatic heterocycles. The second-order valence-electron chi connectivity index (χ2n) is 9.38. The molecule has 0 radical (unpaired) electrons. The number of nitrogens with one attached hydrogen (secondary N) is 2. The standard InChI is InChI=1S/C27H32FN5O2/c1-33(2)26-22-5-3-4-6-23(22)31-27(32-26)30-21-13-7-18(8-14-21)17-29-25(35)16-15-24(34)19-9-11-20(28)12-10-19/h3-6,9-12,18,21H,7-8,13-17H2,1-2H3,(H,29,35)(H,30,31,32)/t18-,21+. The fraction of sp³-hybridized carbons (Fsp3) is 0.407. The molecule has 4 rings (SSSR count). The number of amides is 1. The molecular formula is C27H32FN5O2. The van der Waals surface area contributed by atoms with Crippen LogP contribution in [0.1, 0.15) is 48.9 Å². The summed E-state index contributed by atoms with van der Waals surface area (Å²) in [6.45, 7) is 0.619. The van der Waals surface area contributed by atoms with E-state index in [0.29, 0.717) is 30.0 Å². The lowest BCUT2D eigenvalue weighted by atomic mass is 9.86. The molecule has 1 saturated carbocycles. The number of para-hydroxylation sites is 1. The molecule has 184 valence electrons. The number of anilines is 2. The number of Topliss-reactive ketones (excluding diaryl/α,β-unsaturated/α-hetero) is 1. The van der Waals surface area contributed by atoms with Gasteiger partial charge in [-0.1, -0.05) is 12.1 Å². The summed E-state index contributed by atoms with van der Waals surface area (Å²) >= 11 is 0. The molecule has 3 aromatic rings. The number of hydrogen-bond donors (Lipinski definition) is 2. The van der Waals surface area contributed by atoms with Crippen LogP contribution in [0.15, 0.2) is 48.5 Å². The van der Waals surface area contributed by atoms with Crippen molar-refractivity contribution >= 4 is 34.4 Å². The van der Waals surface area contributed by atoms with Crippen molar-refractivity contribution in [2.75, 3.05) is 30.9 Å². The van der Waals surface area contributed by atoms with E-state index < -0.39 is 0 Å². The summed E-state index contributed by atoms with van der Waals surface area (Å²) in [4.78, 5) is 35.8. The van der Waals surface area contributed by atoms with Crippen LogP contribution in [-0.2, 0) is 4.79 Å². The topological polar surface area (TPSA) is 87.2 Å². The number of rotatable bonds is 9.